The quantitative estimate of drug-likeness (QED) is 0.752. The van der Waals surface area contributed by atoms with Gasteiger partial charge in [-0.1, -0.05) is 30.3 Å². The van der Waals surface area contributed by atoms with Crippen LogP contribution in [0, 0.1) is 0 Å². The number of rotatable bonds is 6. The predicted molar refractivity (Wildman–Crippen MR) is 78.5 cm³/mol. The largest absolute Gasteiger partial charge is 0.497 e. The molecular formula is C17H19FO3. The third kappa shape index (κ3) is 3.32. The van der Waals surface area contributed by atoms with Gasteiger partial charge in [0.15, 0.2) is 6.29 Å². The number of carbonyl (C=O) groups excluding carboxylic acids is 1. The molecule has 0 N–H and O–H groups in total. The Bertz CT molecular complexity index is 524. The summed E-state index contributed by atoms with van der Waals surface area (Å²) in [7, 11) is 0. The summed E-state index contributed by atoms with van der Waals surface area (Å²) in [6.45, 7) is 4.43. The predicted octanol–water partition coefficient (Wildman–Crippen LogP) is 3.53. The van der Waals surface area contributed by atoms with Gasteiger partial charge >= 0.3 is 0 Å². The van der Waals surface area contributed by atoms with Crippen LogP contribution in [0.4, 0.5) is 4.39 Å². The summed E-state index contributed by atoms with van der Waals surface area (Å²) in [6, 6.07) is 9.57. The van der Waals surface area contributed by atoms with Crippen molar-refractivity contribution in [3.63, 3.8) is 0 Å². The molecule has 1 aromatic rings. The number of aldehydes is 1. The van der Waals surface area contributed by atoms with Crippen LogP contribution in [-0.2, 0) is 14.3 Å². The zero-order valence-corrected chi connectivity index (χ0v) is 12.2. The van der Waals surface area contributed by atoms with Gasteiger partial charge in [-0.05, 0) is 19.4 Å². The average Bonchev–Trinajstić information content (AvgIpc) is 2.49. The van der Waals surface area contributed by atoms with E-state index in [4.69, 9.17) is 9.47 Å². The highest BCUT2D eigenvalue weighted by Gasteiger charge is 2.37. The maximum atomic E-state index is 14.5. The summed E-state index contributed by atoms with van der Waals surface area (Å²) in [5.41, 5.74) is -1.25. The Morgan fingerprint density at radius 3 is 2.05 bits per heavy atom. The van der Waals surface area contributed by atoms with Gasteiger partial charge < -0.3 is 9.47 Å². The fraction of sp³-hybridized carbons (Fsp3) is 0.353. The molecule has 0 heterocycles. The molecule has 0 radical (unpaired) electrons. The maximum absolute atomic E-state index is 14.5. The molecule has 1 aliphatic carbocycles. The number of benzene rings is 1. The van der Waals surface area contributed by atoms with Gasteiger partial charge in [0.05, 0.1) is 19.1 Å². The lowest BCUT2D eigenvalue weighted by atomic mass is 9.86. The van der Waals surface area contributed by atoms with Crippen LogP contribution in [0.5, 0.6) is 0 Å². The second-order valence-corrected chi connectivity index (χ2v) is 4.75. The van der Waals surface area contributed by atoms with Gasteiger partial charge in [-0.2, -0.15) is 0 Å². The van der Waals surface area contributed by atoms with Crippen LogP contribution in [0.1, 0.15) is 25.3 Å². The zero-order chi connectivity index (χ0) is 15.3. The number of alkyl halides is 1. The minimum atomic E-state index is -2.18. The molecule has 0 aromatic heterocycles. The highest BCUT2D eigenvalue weighted by molar-refractivity contribution is 5.71. The van der Waals surface area contributed by atoms with Crippen LogP contribution in [-0.4, -0.2) is 25.2 Å². The van der Waals surface area contributed by atoms with E-state index >= 15 is 0 Å². The molecule has 0 saturated carbocycles. The number of hydrogen-bond acceptors (Lipinski definition) is 3. The second kappa shape index (κ2) is 6.57. The van der Waals surface area contributed by atoms with Crippen molar-refractivity contribution in [3.8, 4) is 0 Å². The molecule has 0 aliphatic heterocycles. The van der Waals surface area contributed by atoms with Crippen LogP contribution < -0.4 is 0 Å². The molecule has 3 nitrogen and oxygen atoms in total. The third-order valence-corrected chi connectivity index (χ3v) is 3.23. The minimum Gasteiger partial charge on any atom is -0.497 e. The van der Waals surface area contributed by atoms with Crippen molar-refractivity contribution in [2.24, 2.45) is 0 Å². The van der Waals surface area contributed by atoms with Crippen LogP contribution in [0.3, 0.4) is 0 Å². The first-order chi connectivity index (χ1) is 10.1. The summed E-state index contributed by atoms with van der Waals surface area (Å²) < 4.78 is 25.6. The SMILES string of the molecule is CCOC1=CC(F)(C=O)C=C(OCC)C1c1ccccc1. The molecule has 0 amide bonds. The molecule has 4 heteroatoms. The van der Waals surface area contributed by atoms with Crippen molar-refractivity contribution >= 4 is 6.29 Å². The van der Waals surface area contributed by atoms with Crippen molar-refractivity contribution in [1.29, 1.82) is 0 Å². The Morgan fingerprint density at radius 1 is 1.10 bits per heavy atom. The lowest BCUT2D eigenvalue weighted by molar-refractivity contribution is -0.113. The van der Waals surface area contributed by atoms with Gasteiger partial charge in [-0.15, -0.1) is 0 Å². The first-order valence-electron chi connectivity index (χ1n) is 7.04. The van der Waals surface area contributed by atoms with Crippen LogP contribution in [0.2, 0.25) is 0 Å². The Kier molecular flexibility index (Phi) is 4.78. The molecule has 1 aromatic carbocycles. The smallest absolute Gasteiger partial charge is 0.209 e. The van der Waals surface area contributed by atoms with E-state index in [1.165, 1.54) is 12.2 Å². The lowest BCUT2D eigenvalue weighted by Gasteiger charge is -2.30. The second-order valence-electron chi connectivity index (χ2n) is 4.75. The normalized spacial score (nSPS) is 24.8. The van der Waals surface area contributed by atoms with Crippen LogP contribution >= 0.6 is 0 Å². The summed E-state index contributed by atoms with van der Waals surface area (Å²) in [6.07, 6.45) is 2.71. The molecule has 0 saturated heterocycles. The molecule has 2 rings (SSSR count). The van der Waals surface area contributed by atoms with E-state index < -0.39 is 5.67 Å². The summed E-state index contributed by atoms with van der Waals surface area (Å²) >= 11 is 0. The number of hydrogen-bond donors (Lipinski definition) is 0. The monoisotopic (exact) mass is 290 g/mol. The number of halogens is 1. The van der Waals surface area contributed by atoms with Crippen molar-refractivity contribution < 1.29 is 18.7 Å². The number of carbonyl (C=O) groups is 1. The van der Waals surface area contributed by atoms with E-state index in [2.05, 4.69) is 0 Å². The fourth-order valence-corrected chi connectivity index (χ4v) is 2.41. The van der Waals surface area contributed by atoms with E-state index in [9.17, 15) is 9.18 Å². The number of allylic oxidation sites excluding steroid dienone is 2. The molecule has 112 valence electrons. The van der Waals surface area contributed by atoms with Crippen molar-refractivity contribution in [3.05, 3.63) is 59.6 Å². The minimum absolute atomic E-state index is 0.256. The topological polar surface area (TPSA) is 35.5 Å². The third-order valence-electron chi connectivity index (χ3n) is 3.23. The van der Waals surface area contributed by atoms with Gasteiger partial charge in [0.25, 0.3) is 0 Å². The molecular weight excluding hydrogens is 271 g/mol. The number of ether oxygens (including phenoxy) is 2. The zero-order valence-electron chi connectivity index (χ0n) is 12.2. The van der Waals surface area contributed by atoms with E-state index in [1.54, 1.807) is 0 Å². The highest BCUT2D eigenvalue weighted by atomic mass is 19.1. The highest BCUT2D eigenvalue weighted by Crippen LogP contribution is 2.40. The molecule has 1 aliphatic rings. The van der Waals surface area contributed by atoms with Gasteiger partial charge in [-0.25, -0.2) is 4.39 Å². The Hall–Kier alpha value is -2.10. The van der Waals surface area contributed by atoms with Gasteiger partial charge in [0, 0.05) is 12.2 Å². The standard InChI is InChI=1S/C17H19FO3/c1-3-20-14-10-17(18,12-19)11-15(21-4-2)16(14)13-8-6-5-7-9-13/h5-12,16H,3-4H2,1-2H3. The average molecular weight is 290 g/mol. The molecule has 0 fully saturated rings. The van der Waals surface area contributed by atoms with Crippen molar-refractivity contribution in [1.82, 2.24) is 0 Å². The lowest BCUT2D eigenvalue weighted by Crippen LogP contribution is -2.28. The summed E-state index contributed by atoms with van der Waals surface area (Å²) in [5, 5.41) is 0. The Morgan fingerprint density at radius 2 is 1.62 bits per heavy atom. The van der Waals surface area contributed by atoms with E-state index in [0.717, 1.165) is 5.56 Å². The van der Waals surface area contributed by atoms with E-state index in [1.807, 2.05) is 44.2 Å². The Labute approximate surface area is 124 Å². The Balaban J connectivity index is 2.49. The summed E-state index contributed by atoms with van der Waals surface area (Å²) in [4.78, 5) is 11.0. The molecule has 0 bridgehead atoms. The molecule has 0 unspecified atom stereocenters. The first-order valence-corrected chi connectivity index (χ1v) is 7.04. The van der Waals surface area contributed by atoms with Gasteiger partial charge in [-0.3, -0.25) is 4.79 Å². The van der Waals surface area contributed by atoms with Crippen molar-refractivity contribution in [2.45, 2.75) is 25.4 Å². The van der Waals surface area contributed by atoms with Crippen molar-refractivity contribution in [2.75, 3.05) is 13.2 Å². The fourth-order valence-electron chi connectivity index (χ4n) is 2.41. The van der Waals surface area contributed by atoms with E-state index in [0.29, 0.717) is 24.7 Å². The van der Waals surface area contributed by atoms with Crippen LogP contribution in [0.25, 0.3) is 0 Å². The molecule has 0 spiro atoms. The molecule has 0 atom stereocenters. The first kappa shape index (κ1) is 15.3. The van der Waals surface area contributed by atoms with Gasteiger partial charge in [0.2, 0.25) is 5.67 Å². The molecule has 21 heavy (non-hydrogen) atoms. The van der Waals surface area contributed by atoms with E-state index in [-0.39, 0.29) is 12.2 Å². The van der Waals surface area contributed by atoms with Crippen LogP contribution in [0.15, 0.2) is 54.0 Å². The maximum Gasteiger partial charge on any atom is 0.209 e. The summed E-state index contributed by atoms with van der Waals surface area (Å²) in [5.74, 6) is 0.489. The van der Waals surface area contributed by atoms with Gasteiger partial charge in [0.1, 0.15) is 11.5 Å².